The summed E-state index contributed by atoms with van der Waals surface area (Å²) in [5.41, 5.74) is -0.0297. The number of halogens is 3. The summed E-state index contributed by atoms with van der Waals surface area (Å²) in [5, 5.41) is 0. The maximum atomic E-state index is 12.3. The van der Waals surface area contributed by atoms with Gasteiger partial charge in [-0.25, -0.2) is 0 Å². The molecule has 1 aliphatic heterocycles. The van der Waals surface area contributed by atoms with E-state index in [-0.39, 0.29) is 12.1 Å². The number of hydrogen-bond donors (Lipinski definition) is 0. The van der Waals surface area contributed by atoms with Gasteiger partial charge in [0.15, 0.2) is 0 Å². The van der Waals surface area contributed by atoms with Crippen molar-refractivity contribution in [2.24, 2.45) is 0 Å². The number of cyclic esters (lactones) is 1. The molecule has 5 heteroatoms. The Kier molecular flexibility index (Phi) is 3.41. The van der Waals surface area contributed by atoms with Gasteiger partial charge in [-0.2, -0.15) is 13.2 Å². The molecule has 0 saturated carbocycles. The number of ether oxygens (including phenoxy) is 1. The highest BCUT2D eigenvalue weighted by Gasteiger charge is 2.29. The molecule has 0 amide bonds. The Bertz CT molecular complexity index is 460. The van der Waals surface area contributed by atoms with E-state index in [1.807, 2.05) is 0 Å². The maximum absolute atomic E-state index is 12.3. The van der Waals surface area contributed by atoms with Crippen molar-refractivity contribution in [2.45, 2.75) is 25.1 Å². The summed E-state index contributed by atoms with van der Waals surface area (Å²) in [7, 11) is 0. The first-order chi connectivity index (χ1) is 8.45. The van der Waals surface area contributed by atoms with Gasteiger partial charge in [-0.3, -0.25) is 4.79 Å². The second kappa shape index (κ2) is 4.84. The Morgan fingerprint density at radius 2 is 1.89 bits per heavy atom. The number of carbonyl (C=O) groups excluding carboxylic acids is 1. The van der Waals surface area contributed by atoms with Gasteiger partial charge in [0.1, 0.15) is 6.10 Å². The molecule has 2 nitrogen and oxygen atoms in total. The van der Waals surface area contributed by atoms with Crippen LogP contribution in [0.25, 0.3) is 6.08 Å². The Hall–Kier alpha value is -1.78. The first-order valence-electron chi connectivity index (χ1n) is 5.50. The highest BCUT2D eigenvalue weighted by Crippen LogP contribution is 2.29. The quantitative estimate of drug-likeness (QED) is 0.758. The van der Waals surface area contributed by atoms with Gasteiger partial charge in [0, 0.05) is 6.42 Å². The predicted molar refractivity (Wildman–Crippen MR) is 59.6 cm³/mol. The molecule has 1 saturated heterocycles. The van der Waals surface area contributed by atoms with Crippen LogP contribution < -0.4 is 0 Å². The first kappa shape index (κ1) is 12.7. The Morgan fingerprint density at radius 1 is 1.22 bits per heavy atom. The molecule has 0 N–H and O–H groups in total. The third-order valence-electron chi connectivity index (χ3n) is 2.66. The Labute approximate surface area is 102 Å². The second-order valence-corrected chi connectivity index (χ2v) is 4.05. The molecule has 1 heterocycles. The fourth-order valence-corrected chi connectivity index (χ4v) is 1.68. The second-order valence-electron chi connectivity index (χ2n) is 4.05. The minimum atomic E-state index is -4.32. The lowest BCUT2D eigenvalue weighted by atomic mass is 10.1. The fourth-order valence-electron chi connectivity index (χ4n) is 1.68. The molecule has 0 aliphatic carbocycles. The summed E-state index contributed by atoms with van der Waals surface area (Å²) in [6.07, 6.45) is -0.224. The molecule has 2 rings (SSSR count). The number of carbonyl (C=O) groups is 1. The van der Waals surface area contributed by atoms with Gasteiger partial charge in [-0.05, 0) is 30.2 Å². The van der Waals surface area contributed by atoms with Crippen LogP contribution in [-0.4, -0.2) is 12.1 Å². The Morgan fingerprint density at radius 3 is 2.39 bits per heavy atom. The predicted octanol–water partition coefficient (Wildman–Crippen LogP) is 3.42. The van der Waals surface area contributed by atoms with E-state index in [9.17, 15) is 18.0 Å². The van der Waals surface area contributed by atoms with E-state index in [0.717, 1.165) is 12.1 Å². The molecular formula is C13H11F3O2. The number of hydrogen-bond acceptors (Lipinski definition) is 2. The molecule has 1 atom stereocenters. The van der Waals surface area contributed by atoms with E-state index in [1.54, 1.807) is 12.2 Å². The average Bonchev–Trinajstić information content (AvgIpc) is 2.72. The average molecular weight is 256 g/mol. The third kappa shape index (κ3) is 3.12. The lowest BCUT2D eigenvalue weighted by molar-refractivity contribution is -0.140. The zero-order valence-electron chi connectivity index (χ0n) is 9.41. The standard InChI is InChI=1S/C13H11F3O2/c14-13(15,16)10-4-1-9(2-5-10)3-6-11-7-8-12(17)18-11/h1-6,11H,7-8H2/b6-3+. The summed E-state index contributed by atoms with van der Waals surface area (Å²) >= 11 is 0. The lowest BCUT2D eigenvalue weighted by Gasteiger charge is -2.06. The van der Waals surface area contributed by atoms with Crippen molar-refractivity contribution < 1.29 is 22.7 Å². The molecule has 0 bridgehead atoms. The van der Waals surface area contributed by atoms with E-state index >= 15 is 0 Å². The zero-order chi connectivity index (χ0) is 13.2. The highest BCUT2D eigenvalue weighted by atomic mass is 19.4. The molecule has 0 aromatic heterocycles. The fraction of sp³-hybridized carbons (Fsp3) is 0.308. The van der Waals surface area contributed by atoms with Crippen molar-refractivity contribution >= 4 is 12.0 Å². The van der Waals surface area contributed by atoms with Crippen molar-refractivity contribution in [3.8, 4) is 0 Å². The lowest BCUT2D eigenvalue weighted by Crippen LogP contribution is -2.04. The Balaban J connectivity index is 2.02. The summed E-state index contributed by atoms with van der Waals surface area (Å²) in [6.45, 7) is 0. The SMILES string of the molecule is O=C1CCC(/C=C/c2ccc(C(F)(F)F)cc2)O1. The first-order valence-corrected chi connectivity index (χ1v) is 5.50. The van der Waals surface area contributed by atoms with Crippen molar-refractivity contribution in [3.63, 3.8) is 0 Å². The van der Waals surface area contributed by atoms with Crippen molar-refractivity contribution in [1.82, 2.24) is 0 Å². The maximum Gasteiger partial charge on any atom is 0.416 e. The van der Waals surface area contributed by atoms with Crippen LogP contribution in [0.1, 0.15) is 24.0 Å². The van der Waals surface area contributed by atoms with E-state index < -0.39 is 11.7 Å². The van der Waals surface area contributed by atoms with Crippen molar-refractivity contribution in [3.05, 3.63) is 41.5 Å². The summed E-state index contributed by atoms with van der Waals surface area (Å²) < 4.78 is 41.9. The highest BCUT2D eigenvalue weighted by molar-refractivity contribution is 5.72. The van der Waals surface area contributed by atoms with Gasteiger partial charge < -0.3 is 4.74 Å². The van der Waals surface area contributed by atoms with Crippen LogP contribution in [0.15, 0.2) is 30.3 Å². The molecule has 0 radical (unpaired) electrons. The summed E-state index contributed by atoms with van der Waals surface area (Å²) in [4.78, 5) is 10.8. The van der Waals surface area contributed by atoms with Gasteiger partial charge in [-0.15, -0.1) is 0 Å². The van der Waals surface area contributed by atoms with Crippen LogP contribution in [0.4, 0.5) is 13.2 Å². The molecule has 1 fully saturated rings. The minimum Gasteiger partial charge on any atom is -0.458 e. The van der Waals surface area contributed by atoms with Crippen LogP contribution in [0.3, 0.4) is 0 Å². The van der Waals surface area contributed by atoms with Gasteiger partial charge in [0.2, 0.25) is 0 Å². The van der Waals surface area contributed by atoms with E-state index in [1.165, 1.54) is 12.1 Å². The molecule has 1 unspecified atom stereocenters. The van der Waals surface area contributed by atoms with Gasteiger partial charge in [0.05, 0.1) is 5.56 Å². The van der Waals surface area contributed by atoms with E-state index in [2.05, 4.69) is 0 Å². The molecule has 18 heavy (non-hydrogen) atoms. The minimum absolute atomic E-state index is 0.239. The number of esters is 1. The van der Waals surface area contributed by atoms with Crippen LogP contribution in [0.2, 0.25) is 0 Å². The van der Waals surface area contributed by atoms with Crippen molar-refractivity contribution in [1.29, 1.82) is 0 Å². The number of benzene rings is 1. The number of alkyl halides is 3. The topological polar surface area (TPSA) is 26.3 Å². The van der Waals surface area contributed by atoms with Gasteiger partial charge in [-0.1, -0.05) is 18.2 Å². The zero-order valence-corrected chi connectivity index (χ0v) is 9.41. The molecule has 1 aromatic carbocycles. The molecule has 0 spiro atoms. The van der Waals surface area contributed by atoms with Crippen LogP contribution in [0, 0.1) is 0 Å². The van der Waals surface area contributed by atoms with Gasteiger partial charge >= 0.3 is 12.1 Å². The largest absolute Gasteiger partial charge is 0.458 e. The summed E-state index contributed by atoms with van der Waals surface area (Å²) in [6, 6.07) is 4.83. The van der Waals surface area contributed by atoms with Crippen molar-refractivity contribution in [2.75, 3.05) is 0 Å². The van der Waals surface area contributed by atoms with E-state index in [4.69, 9.17) is 4.74 Å². The molecule has 96 valence electrons. The third-order valence-corrected chi connectivity index (χ3v) is 2.66. The van der Waals surface area contributed by atoms with Crippen LogP contribution in [-0.2, 0) is 15.7 Å². The smallest absolute Gasteiger partial charge is 0.416 e. The van der Waals surface area contributed by atoms with Crippen LogP contribution >= 0.6 is 0 Å². The molecule has 1 aliphatic rings. The normalized spacial score (nSPS) is 20.4. The number of rotatable bonds is 2. The summed E-state index contributed by atoms with van der Waals surface area (Å²) in [5.74, 6) is -0.239. The molecular weight excluding hydrogens is 245 g/mol. The molecule has 1 aromatic rings. The monoisotopic (exact) mass is 256 g/mol. The van der Waals surface area contributed by atoms with E-state index in [0.29, 0.717) is 18.4 Å². The van der Waals surface area contributed by atoms with Gasteiger partial charge in [0.25, 0.3) is 0 Å². The van der Waals surface area contributed by atoms with Crippen LogP contribution in [0.5, 0.6) is 0 Å².